The number of hydrogen-bond donors (Lipinski definition) is 1. The topological polar surface area (TPSA) is 52.7 Å². The Bertz CT molecular complexity index is 399. The molecule has 0 radical (unpaired) electrons. The summed E-state index contributed by atoms with van der Waals surface area (Å²) >= 11 is 0. The number of fused-ring (bicyclic) bond motifs is 1. The number of nitrogens with zero attached hydrogens (tertiary/aromatic N) is 2. The smallest absolute Gasteiger partial charge is 0.312 e. The number of nitrogens with one attached hydrogen (secondary N) is 1. The fourth-order valence-electron chi connectivity index (χ4n) is 3.94. The minimum atomic E-state index is -0.435. The minimum Gasteiger partial charge on any atom is -0.346 e. The molecule has 0 aromatic heterocycles. The summed E-state index contributed by atoms with van der Waals surface area (Å²) in [5.74, 6) is 0.862. The van der Waals surface area contributed by atoms with Gasteiger partial charge in [-0.05, 0) is 18.3 Å². The standard InChI is InChI=1S/C15H25N3O2/c1-11-4-2-3-5-12(11)9-17-6-7-18-13(10-17)8-16-14(19)15(18)20/h11-13H,2-10H2,1H3,(H,16,19). The molecule has 1 aliphatic carbocycles. The fraction of sp³-hybridized carbons (Fsp3) is 0.867. The predicted molar refractivity (Wildman–Crippen MR) is 76.1 cm³/mol. The SMILES string of the molecule is CC1CCCCC1CN1CCN2C(=O)C(=O)NCC2C1. The molecule has 0 bridgehead atoms. The van der Waals surface area contributed by atoms with E-state index in [-0.39, 0.29) is 11.9 Å². The van der Waals surface area contributed by atoms with Crippen molar-refractivity contribution in [2.75, 3.05) is 32.7 Å². The van der Waals surface area contributed by atoms with Crippen molar-refractivity contribution < 1.29 is 9.59 Å². The summed E-state index contributed by atoms with van der Waals surface area (Å²) in [5.41, 5.74) is 0. The third-order valence-corrected chi connectivity index (χ3v) is 5.30. The van der Waals surface area contributed by atoms with E-state index in [2.05, 4.69) is 17.1 Å². The van der Waals surface area contributed by atoms with E-state index < -0.39 is 5.91 Å². The molecule has 1 N–H and O–H groups in total. The zero-order chi connectivity index (χ0) is 14.1. The second kappa shape index (κ2) is 5.72. The Morgan fingerprint density at radius 3 is 2.80 bits per heavy atom. The summed E-state index contributed by atoms with van der Waals surface area (Å²) in [6, 6.07) is 0.174. The van der Waals surface area contributed by atoms with Crippen molar-refractivity contribution in [2.24, 2.45) is 11.8 Å². The number of carbonyl (C=O) groups excluding carboxylic acids is 2. The van der Waals surface area contributed by atoms with Crippen LogP contribution >= 0.6 is 0 Å². The van der Waals surface area contributed by atoms with Gasteiger partial charge in [-0.1, -0.05) is 26.2 Å². The number of carbonyl (C=O) groups is 2. The largest absolute Gasteiger partial charge is 0.346 e. The van der Waals surface area contributed by atoms with Crippen LogP contribution in [0.15, 0.2) is 0 Å². The van der Waals surface area contributed by atoms with E-state index in [9.17, 15) is 9.59 Å². The summed E-state index contributed by atoms with van der Waals surface area (Å²) in [6.45, 7) is 6.69. The third-order valence-electron chi connectivity index (χ3n) is 5.30. The first kappa shape index (κ1) is 13.9. The fourth-order valence-corrected chi connectivity index (χ4v) is 3.94. The number of amides is 2. The van der Waals surface area contributed by atoms with Crippen LogP contribution in [0.3, 0.4) is 0 Å². The van der Waals surface area contributed by atoms with Crippen molar-refractivity contribution in [1.82, 2.24) is 15.1 Å². The van der Waals surface area contributed by atoms with Gasteiger partial charge in [0, 0.05) is 32.7 Å². The molecule has 2 aliphatic heterocycles. The van der Waals surface area contributed by atoms with Crippen molar-refractivity contribution in [2.45, 2.75) is 38.6 Å². The molecule has 0 aromatic carbocycles. The Balaban J connectivity index is 1.56. The average molecular weight is 279 g/mol. The quantitative estimate of drug-likeness (QED) is 0.747. The Morgan fingerprint density at radius 2 is 2.00 bits per heavy atom. The second-order valence-corrected chi connectivity index (χ2v) is 6.64. The minimum absolute atomic E-state index is 0.174. The van der Waals surface area contributed by atoms with Gasteiger partial charge >= 0.3 is 11.8 Å². The van der Waals surface area contributed by atoms with Crippen molar-refractivity contribution in [3.05, 3.63) is 0 Å². The number of rotatable bonds is 2. The summed E-state index contributed by atoms with van der Waals surface area (Å²) in [5, 5.41) is 2.71. The van der Waals surface area contributed by atoms with Crippen molar-refractivity contribution in [1.29, 1.82) is 0 Å². The molecule has 3 rings (SSSR count). The first-order chi connectivity index (χ1) is 9.65. The van der Waals surface area contributed by atoms with Crippen LogP contribution in [0.2, 0.25) is 0 Å². The lowest BCUT2D eigenvalue weighted by Gasteiger charge is -2.45. The molecule has 5 heteroatoms. The normalized spacial score (nSPS) is 35.6. The zero-order valence-corrected chi connectivity index (χ0v) is 12.3. The molecule has 1 saturated carbocycles. The molecular formula is C15H25N3O2. The Morgan fingerprint density at radius 1 is 1.20 bits per heavy atom. The van der Waals surface area contributed by atoms with Gasteiger partial charge in [0.1, 0.15) is 0 Å². The molecule has 2 saturated heterocycles. The van der Waals surface area contributed by atoms with Gasteiger partial charge in [0.2, 0.25) is 0 Å². The lowest BCUT2D eigenvalue weighted by molar-refractivity contribution is -0.152. The van der Waals surface area contributed by atoms with E-state index in [1.54, 1.807) is 4.90 Å². The van der Waals surface area contributed by atoms with Crippen LogP contribution in [-0.2, 0) is 9.59 Å². The van der Waals surface area contributed by atoms with Crippen LogP contribution in [0.25, 0.3) is 0 Å². The highest BCUT2D eigenvalue weighted by Crippen LogP contribution is 2.30. The van der Waals surface area contributed by atoms with E-state index >= 15 is 0 Å². The van der Waals surface area contributed by atoms with Gasteiger partial charge < -0.3 is 10.2 Å². The van der Waals surface area contributed by atoms with Gasteiger partial charge in [0.25, 0.3) is 0 Å². The van der Waals surface area contributed by atoms with E-state index in [4.69, 9.17) is 0 Å². The van der Waals surface area contributed by atoms with Crippen LogP contribution in [0.1, 0.15) is 32.6 Å². The van der Waals surface area contributed by atoms with Crippen LogP contribution in [0.4, 0.5) is 0 Å². The molecule has 2 heterocycles. The van der Waals surface area contributed by atoms with E-state index in [1.165, 1.54) is 25.7 Å². The van der Waals surface area contributed by atoms with E-state index in [1.807, 2.05) is 0 Å². The molecule has 3 unspecified atom stereocenters. The van der Waals surface area contributed by atoms with Gasteiger partial charge in [-0.2, -0.15) is 0 Å². The van der Waals surface area contributed by atoms with Gasteiger partial charge in [-0.15, -0.1) is 0 Å². The molecule has 3 atom stereocenters. The van der Waals surface area contributed by atoms with Crippen molar-refractivity contribution in [3.63, 3.8) is 0 Å². The monoisotopic (exact) mass is 279 g/mol. The second-order valence-electron chi connectivity index (χ2n) is 6.64. The van der Waals surface area contributed by atoms with Crippen molar-refractivity contribution >= 4 is 11.8 Å². The first-order valence-electron chi connectivity index (χ1n) is 7.96. The molecule has 2 amide bonds. The van der Waals surface area contributed by atoms with E-state index in [0.29, 0.717) is 13.1 Å². The Hall–Kier alpha value is -1.10. The maximum atomic E-state index is 11.8. The Kier molecular flexibility index (Phi) is 3.96. The maximum Gasteiger partial charge on any atom is 0.312 e. The van der Waals surface area contributed by atoms with Crippen LogP contribution in [-0.4, -0.2) is 60.4 Å². The summed E-state index contributed by atoms with van der Waals surface area (Å²) < 4.78 is 0. The number of hydrogen-bond acceptors (Lipinski definition) is 3. The zero-order valence-electron chi connectivity index (χ0n) is 12.3. The third kappa shape index (κ3) is 2.68. The molecule has 0 aromatic rings. The highest BCUT2D eigenvalue weighted by atomic mass is 16.2. The first-order valence-corrected chi connectivity index (χ1v) is 7.96. The molecular weight excluding hydrogens is 254 g/mol. The highest BCUT2D eigenvalue weighted by Gasteiger charge is 2.38. The molecule has 3 fully saturated rings. The molecule has 0 spiro atoms. The van der Waals surface area contributed by atoms with Gasteiger partial charge in [0.05, 0.1) is 6.04 Å². The van der Waals surface area contributed by atoms with Gasteiger partial charge in [-0.25, -0.2) is 0 Å². The lowest BCUT2D eigenvalue weighted by atomic mass is 9.80. The summed E-state index contributed by atoms with van der Waals surface area (Å²) in [4.78, 5) is 27.4. The summed E-state index contributed by atoms with van der Waals surface area (Å²) in [7, 11) is 0. The van der Waals surface area contributed by atoms with Crippen LogP contribution in [0.5, 0.6) is 0 Å². The molecule has 3 aliphatic rings. The number of piperazine rings is 2. The van der Waals surface area contributed by atoms with E-state index in [0.717, 1.165) is 31.5 Å². The molecule has 112 valence electrons. The molecule has 20 heavy (non-hydrogen) atoms. The predicted octanol–water partition coefficient (Wildman–Crippen LogP) is 0.455. The lowest BCUT2D eigenvalue weighted by Crippen LogP contribution is -2.65. The summed E-state index contributed by atoms with van der Waals surface area (Å²) in [6.07, 6.45) is 5.46. The average Bonchev–Trinajstić information content (AvgIpc) is 2.46. The Labute approximate surface area is 120 Å². The van der Waals surface area contributed by atoms with Crippen molar-refractivity contribution in [3.8, 4) is 0 Å². The van der Waals surface area contributed by atoms with Gasteiger partial charge in [0.15, 0.2) is 0 Å². The molecule has 5 nitrogen and oxygen atoms in total. The van der Waals surface area contributed by atoms with Crippen LogP contribution < -0.4 is 5.32 Å². The highest BCUT2D eigenvalue weighted by molar-refractivity contribution is 6.35. The van der Waals surface area contributed by atoms with Crippen LogP contribution in [0, 0.1) is 11.8 Å². The maximum absolute atomic E-state index is 11.8. The van der Waals surface area contributed by atoms with Gasteiger partial charge in [-0.3, -0.25) is 14.5 Å².